The van der Waals surface area contributed by atoms with Gasteiger partial charge in [0.25, 0.3) is 0 Å². The molecule has 8 aromatic carbocycles. The number of hydrogen-bond donors (Lipinski definition) is 0. The van der Waals surface area contributed by atoms with Gasteiger partial charge in [-0.25, -0.2) is 24.9 Å². The second kappa shape index (κ2) is 17.0. The predicted molar refractivity (Wildman–Crippen MR) is 272 cm³/mol. The van der Waals surface area contributed by atoms with E-state index in [0.717, 1.165) is 68.7 Å². The van der Waals surface area contributed by atoms with Crippen molar-refractivity contribution in [1.82, 2.24) is 24.9 Å². The van der Waals surface area contributed by atoms with Gasteiger partial charge in [-0.1, -0.05) is 218 Å². The quantitative estimate of drug-likeness (QED) is 0.145. The number of rotatable bonds is 9. The Balaban J connectivity index is 1.15. The highest BCUT2D eigenvalue weighted by molar-refractivity contribution is 5.95. The van der Waals surface area contributed by atoms with Crippen LogP contribution in [0.3, 0.4) is 0 Å². The molecule has 0 N–H and O–H groups in total. The Morgan fingerprint density at radius 1 is 0.328 bits per heavy atom. The number of fused-ring (bicyclic) bond motifs is 3. The van der Waals surface area contributed by atoms with E-state index in [1.165, 1.54) is 33.4 Å². The Morgan fingerprint density at radius 3 is 1.42 bits per heavy atom. The van der Waals surface area contributed by atoms with E-state index >= 15 is 0 Å². The van der Waals surface area contributed by atoms with Gasteiger partial charge < -0.3 is 0 Å². The standard InChI is InChI=1S/C62H43N5/c1-7-22-42(23-8-1)56-41-57(43-24-9-2-10-25-43)64-61(63-56)53-39-52-50-36-19-20-37-54(50)62(48-32-15-5-16-33-48,49-34-17-6-18-35-49)55(52)40-51(53)46-30-21-31-47(38-46)60-66-58(44-26-11-3-12-27-44)65-59(67-60)45-28-13-4-14-29-45/h1-17,19-34,36-41H,18,35H2. The molecule has 0 amide bonds. The molecule has 2 aliphatic rings. The molecule has 0 fully saturated rings. The van der Waals surface area contributed by atoms with Crippen LogP contribution in [0, 0.1) is 0 Å². The molecule has 5 nitrogen and oxygen atoms in total. The highest BCUT2D eigenvalue weighted by atomic mass is 15.0. The first-order valence-electron chi connectivity index (χ1n) is 22.9. The smallest absolute Gasteiger partial charge is 0.164 e. The maximum atomic E-state index is 5.46. The summed E-state index contributed by atoms with van der Waals surface area (Å²) in [4.78, 5) is 26.2. The summed E-state index contributed by atoms with van der Waals surface area (Å²) in [5, 5.41) is 0. The molecule has 2 heterocycles. The summed E-state index contributed by atoms with van der Waals surface area (Å²) in [6.07, 6.45) is 8.79. The van der Waals surface area contributed by atoms with Crippen molar-refractivity contribution >= 4 is 0 Å². The third-order valence-corrected chi connectivity index (χ3v) is 13.1. The summed E-state index contributed by atoms with van der Waals surface area (Å²) in [5.74, 6) is 2.48. The Morgan fingerprint density at radius 2 is 0.836 bits per heavy atom. The molecule has 67 heavy (non-hydrogen) atoms. The largest absolute Gasteiger partial charge is 0.228 e. The minimum atomic E-state index is -0.534. The van der Waals surface area contributed by atoms with Crippen LogP contribution >= 0.6 is 0 Å². The lowest BCUT2D eigenvalue weighted by Crippen LogP contribution is -2.30. The first kappa shape index (κ1) is 39.9. The fourth-order valence-corrected chi connectivity index (χ4v) is 10.0. The topological polar surface area (TPSA) is 64.5 Å². The Hall–Kier alpha value is -8.67. The van der Waals surface area contributed by atoms with Gasteiger partial charge in [0.15, 0.2) is 23.3 Å². The monoisotopic (exact) mass is 857 g/mol. The van der Waals surface area contributed by atoms with Gasteiger partial charge in [-0.15, -0.1) is 0 Å². The van der Waals surface area contributed by atoms with Gasteiger partial charge in [-0.05, 0) is 76.1 Å². The molecule has 0 radical (unpaired) electrons. The molecule has 2 aliphatic carbocycles. The van der Waals surface area contributed by atoms with E-state index in [0.29, 0.717) is 23.3 Å². The normalized spacial score (nSPS) is 14.8. The maximum absolute atomic E-state index is 5.46. The predicted octanol–water partition coefficient (Wildman–Crippen LogP) is 14.9. The SMILES string of the molecule is C1=CCCC(C2(c3ccccc3)c3ccccc3-c3cc(-c4nc(-c5ccccc5)cc(-c5ccccc5)n4)c(-c4cccc(-c5nc(-c6ccccc6)nc(-c6ccccc6)n5)c4)cc32)=C1. The molecule has 0 saturated heterocycles. The maximum Gasteiger partial charge on any atom is 0.164 e. The zero-order valence-electron chi connectivity index (χ0n) is 36.7. The summed E-state index contributed by atoms with van der Waals surface area (Å²) < 4.78 is 0. The van der Waals surface area contributed by atoms with Gasteiger partial charge in [0.2, 0.25) is 0 Å². The van der Waals surface area contributed by atoms with E-state index in [-0.39, 0.29) is 0 Å². The van der Waals surface area contributed by atoms with Crippen LogP contribution in [-0.4, -0.2) is 24.9 Å². The van der Waals surface area contributed by atoms with Crippen molar-refractivity contribution in [2.75, 3.05) is 0 Å². The van der Waals surface area contributed by atoms with Gasteiger partial charge >= 0.3 is 0 Å². The van der Waals surface area contributed by atoms with Crippen LogP contribution in [0.2, 0.25) is 0 Å². The highest BCUT2D eigenvalue weighted by Gasteiger charge is 2.47. The zero-order valence-corrected chi connectivity index (χ0v) is 36.7. The van der Waals surface area contributed by atoms with E-state index in [4.69, 9.17) is 24.9 Å². The van der Waals surface area contributed by atoms with Crippen molar-refractivity contribution in [3.8, 4) is 90.3 Å². The molecular formula is C62H43N5. The summed E-state index contributed by atoms with van der Waals surface area (Å²) in [6, 6.07) is 76.6. The number of allylic oxidation sites excluding steroid dienone is 4. The number of nitrogens with zero attached hydrogens (tertiary/aromatic N) is 5. The second-order valence-electron chi connectivity index (χ2n) is 17.1. The molecule has 12 rings (SSSR count). The van der Waals surface area contributed by atoms with Gasteiger partial charge in [0.05, 0.1) is 16.8 Å². The number of aromatic nitrogens is 5. The summed E-state index contributed by atoms with van der Waals surface area (Å²) in [7, 11) is 0. The van der Waals surface area contributed by atoms with E-state index in [1.54, 1.807) is 0 Å². The van der Waals surface area contributed by atoms with Crippen molar-refractivity contribution in [2.45, 2.75) is 18.3 Å². The van der Waals surface area contributed by atoms with Gasteiger partial charge in [-0.3, -0.25) is 0 Å². The van der Waals surface area contributed by atoms with Crippen LogP contribution < -0.4 is 0 Å². The van der Waals surface area contributed by atoms with Gasteiger partial charge in [0, 0.05) is 33.4 Å². The summed E-state index contributed by atoms with van der Waals surface area (Å²) >= 11 is 0. The van der Waals surface area contributed by atoms with Gasteiger partial charge in [-0.2, -0.15) is 0 Å². The van der Waals surface area contributed by atoms with Crippen LogP contribution in [-0.2, 0) is 5.41 Å². The molecule has 5 heteroatoms. The van der Waals surface area contributed by atoms with E-state index in [9.17, 15) is 0 Å². The van der Waals surface area contributed by atoms with Gasteiger partial charge in [0.1, 0.15) is 0 Å². The second-order valence-corrected chi connectivity index (χ2v) is 17.1. The molecule has 1 atom stereocenters. The number of benzene rings is 8. The first-order valence-corrected chi connectivity index (χ1v) is 22.9. The average Bonchev–Trinajstić information content (AvgIpc) is 3.72. The van der Waals surface area contributed by atoms with Crippen molar-refractivity contribution in [3.05, 3.63) is 259 Å². The van der Waals surface area contributed by atoms with Crippen LogP contribution in [0.4, 0.5) is 0 Å². The van der Waals surface area contributed by atoms with Crippen molar-refractivity contribution < 1.29 is 0 Å². The molecule has 2 aromatic heterocycles. The number of hydrogen-bond acceptors (Lipinski definition) is 5. The van der Waals surface area contributed by atoms with Crippen LogP contribution in [0.5, 0.6) is 0 Å². The minimum Gasteiger partial charge on any atom is -0.228 e. The third kappa shape index (κ3) is 7.18. The van der Waals surface area contributed by atoms with Crippen molar-refractivity contribution in [2.24, 2.45) is 0 Å². The molecule has 10 aromatic rings. The lowest BCUT2D eigenvalue weighted by Gasteiger charge is -2.37. The van der Waals surface area contributed by atoms with Crippen LogP contribution in [0.25, 0.3) is 90.3 Å². The zero-order chi connectivity index (χ0) is 44.6. The Bertz CT molecular complexity index is 3380. The lowest BCUT2D eigenvalue weighted by atomic mass is 9.65. The van der Waals surface area contributed by atoms with Crippen molar-refractivity contribution in [3.63, 3.8) is 0 Å². The fourth-order valence-electron chi connectivity index (χ4n) is 10.0. The van der Waals surface area contributed by atoms with E-state index in [1.807, 2.05) is 72.8 Å². The lowest BCUT2D eigenvalue weighted by molar-refractivity contribution is 0.693. The molecule has 0 aliphatic heterocycles. The molecule has 316 valence electrons. The molecule has 0 spiro atoms. The Kier molecular flexibility index (Phi) is 10.1. The minimum absolute atomic E-state index is 0.534. The molecule has 0 saturated carbocycles. The first-order chi connectivity index (χ1) is 33.2. The third-order valence-electron chi connectivity index (χ3n) is 13.1. The van der Waals surface area contributed by atoms with Crippen molar-refractivity contribution in [1.29, 1.82) is 0 Å². The highest BCUT2D eigenvalue weighted by Crippen LogP contribution is 2.59. The molecular weight excluding hydrogens is 815 g/mol. The summed E-state index contributed by atoms with van der Waals surface area (Å²) in [6.45, 7) is 0. The Labute approximate surface area is 390 Å². The van der Waals surface area contributed by atoms with Crippen LogP contribution in [0.15, 0.2) is 242 Å². The molecule has 0 bridgehead atoms. The van der Waals surface area contributed by atoms with Crippen LogP contribution in [0.1, 0.15) is 29.5 Å². The average molecular weight is 858 g/mol. The van der Waals surface area contributed by atoms with E-state index < -0.39 is 5.41 Å². The molecule has 1 unspecified atom stereocenters. The fraction of sp³-hybridized carbons (Fsp3) is 0.0484. The summed E-state index contributed by atoms with van der Waals surface area (Å²) in [5.41, 5.74) is 16.5. The van der Waals surface area contributed by atoms with E-state index in [2.05, 4.69) is 164 Å².